The third-order valence-electron chi connectivity index (χ3n) is 2.06. The van der Waals surface area contributed by atoms with Crippen molar-refractivity contribution in [1.82, 2.24) is 4.90 Å². The van der Waals surface area contributed by atoms with E-state index in [1.54, 1.807) is 0 Å². The molecule has 3 nitrogen and oxygen atoms in total. The first-order valence-electron chi connectivity index (χ1n) is 3.18. The summed E-state index contributed by atoms with van der Waals surface area (Å²) in [7, 11) is 1.96. The second kappa shape index (κ2) is 1.48. The summed E-state index contributed by atoms with van der Waals surface area (Å²) in [6, 6.07) is 0.0787. The maximum Gasteiger partial charge on any atom is 0.323 e. The van der Waals surface area contributed by atoms with Crippen LogP contribution in [-0.2, 0) is 9.53 Å². The Labute approximate surface area is 53.6 Å². The van der Waals surface area contributed by atoms with Crippen LogP contribution in [0.3, 0.4) is 0 Å². The number of nitrogens with zero attached hydrogens (tertiary/aromatic N) is 1. The predicted molar refractivity (Wildman–Crippen MR) is 30.9 cm³/mol. The highest BCUT2D eigenvalue weighted by atomic mass is 16.6. The van der Waals surface area contributed by atoms with Gasteiger partial charge in [0.15, 0.2) is 0 Å². The van der Waals surface area contributed by atoms with E-state index in [1.165, 1.54) is 0 Å². The predicted octanol–water partition coefficient (Wildman–Crippen LogP) is -0.384. The van der Waals surface area contributed by atoms with E-state index < -0.39 is 0 Å². The summed E-state index contributed by atoms with van der Waals surface area (Å²) < 4.78 is 4.95. The van der Waals surface area contributed by atoms with E-state index in [0.717, 1.165) is 13.0 Å². The largest absolute Gasteiger partial charge is 0.460 e. The first kappa shape index (κ1) is 5.23. The Kier molecular flexibility index (Phi) is 0.858. The molecule has 0 N–H and O–H groups in total. The second-order valence-corrected chi connectivity index (χ2v) is 2.75. The molecule has 2 bridgehead atoms. The minimum atomic E-state index is -0.0336. The second-order valence-electron chi connectivity index (χ2n) is 2.75. The normalized spacial score (nSPS) is 41.7. The molecule has 2 fully saturated rings. The van der Waals surface area contributed by atoms with Crippen molar-refractivity contribution < 1.29 is 9.53 Å². The van der Waals surface area contributed by atoms with Crippen molar-refractivity contribution in [2.24, 2.45) is 0 Å². The molecule has 0 unspecified atom stereocenters. The summed E-state index contributed by atoms with van der Waals surface area (Å²) in [6.07, 6.45) is 1.11. The van der Waals surface area contributed by atoms with Crippen LogP contribution in [-0.4, -0.2) is 36.6 Å². The van der Waals surface area contributed by atoms with Gasteiger partial charge in [-0.25, -0.2) is 0 Å². The number of likely N-dealkylation sites (tertiary alicyclic amines) is 1. The molecule has 2 saturated heterocycles. The van der Waals surface area contributed by atoms with Crippen molar-refractivity contribution in [2.75, 3.05) is 13.6 Å². The summed E-state index contributed by atoms with van der Waals surface area (Å²) in [4.78, 5) is 12.8. The van der Waals surface area contributed by atoms with Crippen LogP contribution in [0, 0.1) is 0 Å². The number of likely N-dealkylation sites (N-methyl/N-ethyl adjacent to an activating group) is 1. The van der Waals surface area contributed by atoms with E-state index in [-0.39, 0.29) is 18.1 Å². The van der Waals surface area contributed by atoms with E-state index in [2.05, 4.69) is 4.90 Å². The lowest BCUT2D eigenvalue weighted by Gasteiger charge is -2.19. The van der Waals surface area contributed by atoms with E-state index in [9.17, 15) is 4.79 Å². The van der Waals surface area contributed by atoms with Crippen molar-refractivity contribution >= 4 is 5.97 Å². The maximum atomic E-state index is 10.8. The zero-order valence-corrected chi connectivity index (χ0v) is 5.33. The number of carbonyl (C=O) groups is 1. The lowest BCUT2D eigenvalue weighted by molar-refractivity contribution is -0.150. The Morgan fingerprint density at radius 1 is 1.78 bits per heavy atom. The highest BCUT2D eigenvalue weighted by molar-refractivity contribution is 5.79. The van der Waals surface area contributed by atoms with Crippen LogP contribution in [0.1, 0.15) is 6.42 Å². The summed E-state index contributed by atoms with van der Waals surface area (Å²) in [5.74, 6) is -0.0336. The van der Waals surface area contributed by atoms with Crippen molar-refractivity contribution in [3.63, 3.8) is 0 Å². The standard InChI is InChI=1S/C6H9NO2/c1-7-3-4-2-5(7)6(8)9-4/h4-5H,2-3H2,1H3/t4-,5+/m0/s1. The summed E-state index contributed by atoms with van der Waals surface area (Å²) in [6.45, 7) is 0.927. The zero-order valence-electron chi connectivity index (χ0n) is 5.33. The number of carbonyl (C=O) groups excluding carboxylic acids is 1. The third kappa shape index (κ3) is 0.580. The van der Waals surface area contributed by atoms with Gasteiger partial charge in [0.1, 0.15) is 12.1 Å². The molecule has 2 heterocycles. The van der Waals surface area contributed by atoms with Crippen LogP contribution in [0.15, 0.2) is 0 Å². The van der Waals surface area contributed by atoms with E-state index in [0.29, 0.717) is 0 Å². The Morgan fingerprint density at radius 3 is 2.89 bits per heavy atom. The smallest absolute Gasteiger partial charge is 0.323 e. The topological polar surface area (TPSA) is 29.5 Å². The average Bonchev–Trinajstić information content (AvgIpc) is 2.22. The summed E-state index contributed by atoms with van der Waals surface area (Å²) in [5.41, 5.74) is 0. The van der Waals surface area contributed by atoms with E-state index in [4.69, 9.17) is 4.74 Å². The first-order chi connectivity index (χ1) is 4.27. The lowest BCUT2D eigenvalue weighted by Crippen LogP contribution is -2.37. The van der Waals surface area contributed by atoms with Crippen molar-refractivity contribution in [1.29, 1.82) is 0 Å². The molecule has 0 spiro atoms. The van der Waals surface area contributed by atoms with Gasteiger partial charge in [-0.05, 0) is 7.05 Å². The highest BCUT2D eigenvalue weighted by Crippen LogP contribution is 2.26. The number of hydrogen-bond donors (Lipinski definition) is 0. The van der Waals surface area contributed by atoms with Gasteiger partial charge in [0.05, 0.1) is 0 Å². The third-order valence-corrected chi connectivity index (χ3v) is 2.06. The molecule has 2 aliphatic heterocycles. The molecular weight excluding hydrogens is 118 g/mol. The summed E-state index contributed by atoms with van der Waals surface area (Å²) in [5, 5.41) is 0. The van der Waals surface area contributed by atoms with Gasteiger partial charge < -0.3 is 4.74 Å². The first-order valence-corrected chi connectivity index (χ1v) is 3.18. The number of hydrogen-bond acceptors (Lipinski definition) is 3. The van der Waals surface area contributed by atoms with Crippen molar-refractivity contribution in [3.05, 3.63) is 0 Å². The van der Waals surface area contributed by atoms with Gasteiger partial charge in [0.25, 0.3) is 0 Å². The molecule has 0 aromatic carbocycles. The van der Waals surface area contributed by atoms with Crippen molar-refractivity contribution in [2.45, 2.75) is 18.6 Å². The fourth-order valence-corrected chi connectivity index (χ4v) is 1.56. The SMILES string of the molecule is CN1C[C@@H]2C[C@@H]1C(=O)O2. The molecule has 3 heteroatoms. The van der Waals surface area contributed by atoms with Gasteiger partial charge in [-0.1, -0.05) is 0 Å². The Hall–Kier alpha value is -0.570. The maximum absolute atomic E-state index is 10.8. The van der Waals surface area contributed by atoms with Crippen molar-refractivity contribution in [3.8, 4) is 0 Å². The van der Waals surface area contributed by atoms with Crippen LogP contribution < -0.4 is 0 Å². The molecule has 0 aliphatic carbocycles. The number of ether oxygens (including phenoxy) is 1. The highest BCUT2D eigenvalue weighted by Gasteiger charge is 2.44. The van der Waals surface area contributed by atoms with Gasteiger partial charge in [-0.3, -0.25) is 9.69 Å². The molecule has 0 aromatic rings. The Morgan fingerprint density at radius 2 is 2.56 bits per heavy atom. The lowest BCUT2D eigenvalue weighted by atomic mass is 10.2. The molecule has 9 heavy (non-hydrogen) atoms. The summed E-state index contributed by atoms with van der Waals surface area (Å²) >= 11 is 0. The van der Waals surface area contributed by atoms with Gasteiger partial charge in [0.2, 0.25) is 0 Å². The van der Waals surface area contributed by atoms with Crippen LogP contribution in [0.5, 0.6) is 0 Å². The van der Waals surface area contributed by atoms with E-state index in [1.807, 2.05) is 7.05 Å². The van der Waals surface area contributed by atoms with Gasteiger partial charge >= 0.3 is 5.97 Å². The monoisotopic (exact) mass is 127 g/mol. The number of esters is 1. The minimum absolute atomic E-state index is 0.0336. The number of morpholine rings is 1. The molecule has 50 valence electrons. The molecule has 2 rings (SSSR count). The average molecular weight is 127 g/mol. The number of rotatable bonds is 0. The van der Waals surface area contributed by atoms with Gasteiger partial charge in [0, 0.05) is 13.0 Å². The van der Waals surface area contributed by atoms with E-state index >= 15 is 0 Å². The molecule has 0 amide bonds. The van der Waals surface area contributed by atoms with Gasteiger partial charge in [-0.15, -0.1) is 0 Å². The van der Waals surface area contributed by atoms with Crippen LogP contribution in [0.4, 0.5) is 0 Å². The quantitative estimate of drug-likeness (QED) is 0.415. The fraction of sp³-hybridized carbons (Fsp3) is 0.833. The minimum Gasteiger partial charge on any atom is -0.460 e. The van der Waals surface area contributed by atoms with Crippen LogP contribution in [0.25, 0.3) is 0 Å². The number of fused-ring (bicyclic) bond motifs is 2. The molecular formula is C6H9NO2. The molecule has 0 aromatic heterocycles. The fourth-order valence-electron chi connectivity index (χ4n) is 1.56. The Balaban J connectivity index is 2.21. The molecule has 0 radical (unpaired) electrons. The molecule has 2 atom stereocenters. The molecule has 0 saturated carbocycles. The van der Waals surface area contributed by atoms with Crippen LogP contribution in [0.2, 0.25) is 0 Å². The van der Waals surface area contributed by atoms with Crippen LogP contribution >= 0.6 is 0 Å². The molecule has 2 aliphatic rings. The zero-order chi connectivity index (χ0) is 6.43. The Bertz CT molecular complexity index is 157. The van der Waals surface area contributed by atoms with Gasteiger partial charge in [-0.2, -0.15) is 0 Å².